The third kappa shape index (κ3) is 2.34. The fraction of sp³-hybridized carbons (Fsp3) is 0.562. The van der Waals surface area contributed by atoms with Gasteiger partial charge in [-0.25, -0.2) is 0 Å². The van der Waals surface area contributed by atoms with Gasteiger partial charge in [0.05, 0.1) is 0 Å². The zero-order chi connectivity index (χ0) is 13.5. The number of hydrogen-bond acceptors (Lipinski definition) is 3. The molecule has 3 rings (SSSR count). The van der Waals surface area contributed by atoms with Crippen LogP contribution < -0.4 is 10.2 Å². The summed E-state index contributed by atoms with van der Waals surface area (Å²) in [6.45, 7) is 3.84. The van der Waals surface area contributed by atoms with Gasteiger partial charge in [0.25, 0.3) is 0 Å². The van der Waals surface area contributed by atoms with E-state index in [0.717, 1.165) is 30.0 Å². The minimum Gasteiger partial charge on any atom is -0.388 e. The SMILES string of the molecule is CNc1ccc(C(C)=O)c(N2CCC3(CC2)CC3)c1. The second-order valence-electron chi connectivity index (χ2n) is 6.03. The number of hydrogen-bond donors (Lipinski definition) is 1. The molecule has 0 unspecified atom stereocenters. The van der Waals surface area contributed by atoms with Gasteiger partial charge in [-0.1, -0.05) is 0 Å². The second kappa shape index (κ2) is 4.55. The van der Waals surface area contributed by atoms with E-state index in [1.165, 1.54) is 25.7 Å². The largest absolute Gasteiger partial charge is 0.388 e. The van der Waals surface area contributed by atoms with Gasteiger partial charge < -0.3 is 10.2 Å². The number of ketones is 1. The molecule has 2 fully saturated rings. The van der Waals surface area contributed by atoms with Gasteiger partial charge in [-0.3, -0.25) is 4.79 Å². The van der Waals surface area contributed by atoms with Gasteiger partial charge in [0.1, 0.15) is 0 Å². The maximum absolute atomic E-state index is 11.8. The van der Waals surface area contributed by atoms with Gasteiger partial charge in [-0.15, -0.1) is 0 Å². The Bertz CT molecular complexity index is 495. The first-order chi connectivity index (χ1) is 9.13. The molecule has 19 heavy (non-hydrogen) atoms. The monoisotopic (exact) mass is 258 g/mol. The van der Waals surface area contributed by atoms with Crippen LogP contribution in [-0.4, -0.2) is 25.9 Å². The summed E-state index contributed by atoms with van der Waals surface area (Å²) >= 11 is 0. The highest BCUT2D eigenvalue weighted by molar-refractivity contribution is 6.00. The van der Waals surface area contributed by atoms with E-state index in [9.17, 15) is 4.79 Å². The highest BCUT2D eigenvalue weighted by Crippen LogP contribution is 2.54. The van der Waals surface area contributed by atoms with Crippen molar-refractivity contribution >= 4 is 17.2 Å². The summed E-state index contributed by atoms with van der Waals surface area (Å²) in [6, 6.07) is 6.04. The molecule has 102 valence electrons. The number of nitrogens with zero attached hydrogens (tertiary/aromatic N) is 1. The topological polar surface area (TPSA) is 32.3 Å². The first kappa shape index (κ1) is 12.5. The summed E-state index contributed by atoms with van der Waals surface area (Å²) < 4.78 is 0. The number of benzene rings is 1. The molecule has 1 heterocycles. The van der Waals surface area contributed by atoms with Crippen LogP contribution in [0.15, 0.2) is 18.2 Å². The minimum atomic E-state index is 0.157. The van der Waals surface area contributed by atoms with E-state index in [-0.39, 0.29) is 5.78 Å². The summed E-state index contributed by atoms with van der Waals surface area (Å²) in [5.41, 5.74) is 3.71. The number of rotatable bonds is 3. The predicted molar refractivity (Wildman–Crippen MR) is 79.1 cm³/mol. The van der Waals surface area contributed by atoms with E-state index in [2.05, 4.69) is 16.3 Å². The van der Waals surface area contributed by atoms with Gasteiger partial charge in [0.15, 0.2) is 5.78 Å². The minimum absolute atomic E-state index is 0.157. The second-order valence-corrected chi connectivity index (χ2v) is 6.03. The van der Waals surface area contributed by atoms with Crippen molar-refractivity contribution < 1.29 is 4.79 Å². The first-order valence-corrected chi connectivity index (χ1v) is 7.21. The van der Waals surface area contributed by atoms with Crippen LogP contribution in [0.1, 0.15) is 43.0 Å². The zero-order valence-corrected chi connectivity index (χ0v) is 11.8. The van der Waals surface area contributed by atoms with Gasteiger partial charge in [0.2, 0.25) is 0 Å². The molecule has 0 atom stereocenters. The van der Waals surface area contributed by atoms with Crippen LogP contribution in [0.25, 0.3) is 0 Å². The zero-order valence-electron chi connectivity index (χ0n) is 11.8. The lowest BCUT2D eigenvalue weighted by atomic mass is 9.92. The van der Waals surface area contributed by atoms with Crippen molar-refractivity contribution in [2.45, 2.75) is 32.6 Å². The van der Waals surface area contributed by atoms with E-state index in [4.69, 9.17) is 0 Å². The Morgan fingerprint density at radius 2 is 1.89 bits per heavy atom. The van der Waals surface area contributed by atoms with E-state index < -0.39 is 0 Å². The third-order valence-corrected chi connectivity index (χ3v) is 4.79. The molecule has 0 amide bonds. The van der Waals surface area contributed by atoms with Crippen molar-refractivity contribution in [2.24, 2.45) is 5.41 Å². The summed E-state index contributed by atoms with van der Waals surface area (Å²) in [5.74, 6) is 0.157. The van der Waals surface area contributed by atoms with Crippen LogP contribution in [0.2, 0.25) is 0 Å². The molecule has 1 saturated carbocycles. The van der Waals surface area contributed by atoms with Crippen LogP contribution in [0.5, 0.6) is 0 Å². The molecular weight excluding hydrogens is 236 g/mol. The summed E-state index contributed by atoms with van der Waals surface area (Å²) in [7, 11) is 1.92. The van der Waals surface area contributed by atoms with Crippen molar-refractivity contribution in [1.82, 2.24) is 0 Å². The van der Waals surface area contributed by atoms with E-state index in [0.29, 0.717) is 5.41 Å². The van der Waals surface area contributed by atoms with Crippen molar-refractivity contribution in [3.8, 4) is 0 Å². The highest BCUT2D eigenvalue weighted by atomic mass is 16.1. The fourth-order valence-electron chi connectivity index (χ4n) is 3.15. The van der Waals surface area contributed by atoms with E-state index >= 15 is 0 Å². The average molecular weight is 258 g/mol. The Kier molecular flexibility index (Phi) is 3.00. The van der Waals surface area contributed by atoms with Gasteiger partial charge in [0, 0.05) is 37.1 Å². The van der Waals surface area contributed by atoms with Crippen LogP contribution in [-0.2, 0) is 0 Å². The molecule has 1 saturated heterocycles. The summed E-state index contributed by atoms with van der Waals surface area (Å²) in [4.78, 5) is 14.2. The van der Waals surface area contributed by atoms with Crippen LogP contribution >= 0.6 is 0 Å². The summed E-state index contributed by atoms with van der Waals surface area (Å²) in [6.07, 6.45) is 5.40. The van der Waals surface area contributed by atoms with Gasteiger partial charge in [-0.2, -0.15) is 0 Å². The van der Waals surface area contributed by atoms with Crippen LogP contribution in [0, 0.1) is 5.41 Å². The maximum Gasteiger partial charge on any atom is 0.161 e. The Labute approximate surface area is 115 Å². The molecule has 0 bridgehead atoms. The number of Topliss-reactive ketones (excluding diaryl/α,β-unsaturated/α-hetero) is 1. The standard InChI is InChI=1S/C16H22N2O/c1-12(19)14-4-3-13(17-2)11-15(14)18-9-7-16(5-6-16)8-10-18/h3-4,11,17H,5-10H2,1-2H3. The molecule has 3 nitrogen and oxygen atoms in total. The lowest BCUT2D eigenvalue weighted by Gasteiger charge is -2.35. The first-order valence-electron chi connectivity index (χ1n) is 7.21. The van der Waals surface area contributed by atoms with Crippen molar-refractivity contribution in [3.05, 3.63) is 23.8 Å². The molecule has 1 aliphatic heterocycles. The maximum atomic E-state index is 11.8. The van der Waals surface area contributed by atoms with Gasteiger partial charge in [-0.05, 0) is 56.2 Å². The molecule has 1 aromatic carbocycles. The molecule has 0 radical (unpaired) electrons. The fourth-order valence-corrected chi connectivity index (χ4v) is 3.15. The van der Waals surface area contributed by atoms with Gasteiger partial charge >= 0.3 is 0 Å². The summed E-state index contributed by atoms with van der Waals surface area (Å²) in [5, 5.41) is 3.16. The number of piperidine rings is 1. The van der Waals surface area contributed by atoms with E-state index in [1.54, 1.807) is 6.92 Å². The Balaban J connectivity index is 1.87. The number of carbonyl (C=O) groups is 1. The molecule has 1 aliphatic carbocycles. The number of nitrogens with one attached hydrogen (secondary N) is 1. The molecule has 1 aromatic rings. The van der Waals surface area contributed by atoms with Crippen molar-refractivity contribution in [1.29, 1.82) is 0 Å². The highest BCUT2D eigenvalue weighted by Gasteiger charge is 2.44. The lowest BCUT2D eigenvalue weighted by molar-refractivity contribution is 0.101. The number of anilines is 2. The molecule has 3 heteroatoms. The van der Waals surface area contributed by atoms with Crippen LogP contribution in [0.4, 0.5) is 11.4 Å². The van der Waals surface area contributed by atoms with Crippen molar-refractivity contribution in [2.75, 3.05) is 30.4 Å². The Morgan fingerprint density at radius 1 is 1.21 bits per heavy atom. The van der Waals surface area contributed by atoms with Crippen molar-refractivity contribution in [3.63, 3.8) is 0 Å². The molecule has 2 aliphatic rings. The van der Waals surface area contributed by atoms with E-state index in [1.807, 2.05) is 19.2 Å². The quantitative estimate of drug-likeness (QED) is 0.844. The van der Waals surface area contributed by atoms with Crippen LogP contribution in [0.3, 0.4) is 0 Å². The lowest BCUT2D eigenvalue weighted by Crippen LogP contribution is -2.35. The smallest absolute Gasteiger partial charge is 0.161 e. The molecule has 1 N–H and O–H groups in total. The molecular formula is C16H22N2O. The third-order valence-electron chi connectivity index (χ3n) is 4.79. The molecule has 1 spiro atoms. The Morgan fingerprint density at radius 3 is 2.42 bits per heavy atom. The average Bonchev–Trinajstić information content (AvgIpc) is 3.18. The molecule has 0 aromatic heterocycles. The normalized spacial score (nSPS) is 20.4. The predicted octanol–water partition coefficient (Wildman–Crippen LogP) is 3.31. The Hall–Kier alpha value is -1.51. The number of carbonyl (C=O) groups excluding carboxylic acids is 1.